The first-order valence-electron chi connectivity index (χ1n) is 8.95. The van der Waals surface area contributed by atoms with Gasteiger partial charge < -0.3 is 15.7 Å². The topological polar surface area (TPSA) is 91.3 Å². The summed E-state index contributed by atoms with van der Waals surface area (Å²) in [5.41, 5.74) is 2.80. The summed E-state index contributed by atoms with van der Waals surface area (Å²) in [4.78, 5) is 28.0. The van der Waals surface area contributed by atoms with Crippen molar-refractivity contribution >= 4 is 33.4 Å². The molecule has 0 saturated heterocycles. The van der Waals surface area contributed by atoms with E-state index in [0.717, 1.165) is 21.3 Å². The molecule has 3 aromatic rings. The Morgan fingerprint density at radius 1 is 1.07 bits per heavy atom. The lowest BCUT2D eigenvalue weighted by Crippen LogP contribution is -2.50. The fourth-order valence-corrected chi connectivity index (χ4v) is 3.72. The van der Waals surface area contributed by atoms with Crippen LogP contribution < -0.4 is 10.6 Å². The van der Waals surface area contributed by atoms with E-state index in [1.807, 2.05) is 48.5 Å². The minimum atomic E-state index is -4.77. The lowest BCUT2D eigenvalue weighted by molar-refractivity contribution is -0.168. The summed E-state index contributed by atoms with van der Waals surface area (Å²) in [6.45, 7) is -1.91. The fraction of sp³-hybridized carbons (Fsp3) is 0.250. The lowest BCUT2D eigenvalue weighted by Gasteiger charge is -2.19. The van der Waals surface area contributed by atoms with Gasteiger partial charge in [-0.15, -0.1) is 11.3 Å². The molecule has 1 aromatic heterocycles. The summed E-state index contributed by atoms with van der Waals surface area (Å²) in [7, 11) is 0. The maximum absolute atomic E-state index is 12.5. The Morgan fingerprint density at radius 3 is 2.47 bits per heavy atom. The van der Waals surface area contributed by atoms with Crippen LogP contribution in [0.5, 0.6) is 0 Å². The van der Waals surface area contributed by atoms with E-state index in [0.29, 0.717) is 5.01 Å². The number of benzene rings is 2. The van der Waals surface area contributed by atoms with Gasteiger partial charge in [-0.1, -0.05) is 36.4 Å². The Morgan fingerprint density at radius 2 is 1.80 bits per heavy atom. The van der Waals surface area contributed by atoms with E-state index < -0.39 is 37.2 Å². The van der Waals surface area contributed by atoms with Crippen molar-refractivity contribution in [3.63, 3.8) is 0 Å². The third-order valence-electron chi connectivity index (χ3n) is 4.21. The smallest absolute Gasteiger partial charge is 0.394 e. The zero-order valence-corrected chi connectivity index (χ0v) is 16.4. The Hall–Kier alpha value is -2.98. The molecule has 6 nitrogen and oxygen atoms in total. The Balaban J connectivity index is 1.58. The SMILES string of the molecule is O=C(Cc1nc2ccc(-c3ccccc3)cc2s1)NCC(=O)NC(CO)C(F)(F)F. The van der Waals surface area contributed by atoms with Crippen molar-refractivity contribution in [3.8, 4) is 11.1 Å². The third-order valence-corrected chi connectivity index (χ3v) is 5.23. The van der Waals surface area contributed by atoms with Gasteiger partial charge >= 0.3 is 6.18 Å². The highest BCUT2D eigenvalue weighted by molar-refractivity contribution is 7.18. The highest BCUT2D eigenvalue weighted by Gasteiger charge is 2.40. The first-order chi connectivity index (χ1) is 14.3. The quantitative estimate of drug-likeness (QED) is 0.530. The maximum Gasteiger partial charge on any atom is 0.410 e. The van der Waals surface area contributed by atoms with Gasteiger partial charge in [-0.25, -0.2) is 4.98 Å². The van der Waals surface area contributed by atoms with Crippen molar-refractivity contribution < 1.29 is 27.9 Å². The van der Waals surface area contributed by atoms with Crippen LogP contribution in [0.1, 0.15) is 5.01 Å². The predicted molar refractivity (Wildman–Crippen MR) is 107 cm³/mol. The van der Waals surface area contributed by atoms with Gasteiger partial charge in [-0.2, -0.15) is 13.2 Å². The molecule has 0 aliphatic carbocycles. The third kappa shape index (κ3) is 5.55. The average molecular weight is 437 g/mol. The van der Waals surface area contributed by atoms with Crippen LogP contribution in [0.25, 0.3) is 21.3 Å². The minimum Gasteiger partial charge on any atom is -0.394 e. The molecular weight excluding hydrogens is 419 g/mol. The van der Waals surface area contributed by atoms with Crippen LogP contribution in [0.3, 0.4) is 0 Å². The Kier molecular flexibility index (Phi) is 6.68. The number of aliphatic hydroxyl groups excluding tert-OH is 1. The normalized spacial score (nSPS) is 12.5. The van der Waals surface area contributed by atoms with Crippen LogP contribution >= 0.6 is 11.3 Å². The number of nitrogens with one attached hydrogen (secondary N) is 2. The highest BCUT2D eigenvalue weighted by atomic mass is 32.1. The number of hydrogen-bond acceptors (Lipinski definition) is 5. The molecule has 0 bridgehead atoms. The number of fused-ring (bicyclic) bond motifs is 1. The van der Waals surface area contributed by atoms with Crippen LogP contribution in [0.15, 0.2) is 48.5 Å². The van der Waals surface area contributed by atoms with E-state index in [-0.39, 0.29) is 6.42 Å². The van der Waals surface area contributed by atoms with Gasteiger partial charge in [0.05, 0.1) is 29.8 Å². The summed E-state index contributed by atoms with van der Waals surface area (Å²) in [5.74, 6) is -1.59. The van der Waals surface area contributed by atoms with Crippen molar-refractivity contribution in [1.29, 1.82) is 0 Å². The zero-order valence-electron chi connectivity index (χ0n) is 15.6. The standard InChI is InChI=1S/C20H18F3N3O3S/c21-20(22,23)16(11-27)26-18(29)10-24-17(28)9-19-25-14-7-6-13(8-15(14)30-19)12-4-2-1-3-5-12/h1-8,16,27H,9-11H2,(H,24,28)(H,26,29). The van der Waals surface area contributed by atoms with E-state index >= 15 is 0 Å². The number of amides is 2. The molecule has 0 spiro atoms. The van der Waals surface area contributed by atoms with Crippen LogP contribution in [-0.2, 0) is 16.0 Å². The van der Waals surface area contributed by atoms with Gasteiger partial charge in [0.2, 0.25) is 11.8 Å². The number of aromatic nitrogens is 1. The second kappa shape index (κ2) is 9.23. The van der Waals surface area contributed by atoms with Gasteiger partial charge in [0.1, 0.15) is 11.0 Å². The van der Waals surface area contributed by atoms with Crippen molar-refractivity contribution in [2.45, 2.75) is 18.6 Å². The number of rotatable bonds is 7. The van der Waals surface area contributed by atoms with E-state index in [2.05, 4.69) is 10.3 Å². The summed E-state index contributed by atoms with van der Waals surface area (Å²) >= 11 is 1.33. The second-order valence-electron chi connectivity index (χ2n) is 6.45. The number of nitrogens with zero attached hydrogens (tertiary/aromatic N) is 1. The van der Waals surface area contributed by atoms with Crippen LogP contribution in [0.2, 0.25) is 0 Å². The van der Waals surface area contributed by atoms with Crippen molar-refractivity contribution in [2.75, 3.05) is 13.2 Å². The number of halogens is 3. The summed E-state index contributed by atoms with van der Waals surface area (Å²) in [6, 6.07) is 13.2. The van der Waals surface area contributed by atoms with Crippen LogP contribution in [0, 0.1) is 0 Å². The van der Waals surface area contributed by atoms with Gasteiger partial charge in [0.15, 0.2) is 0 Å². The van der Waals surface area contributed by atoms with Crippen LogP contribution in [-0.4, -0.2) is 47.3 Å². The average Bonchev–Trinajstić information content (AvgIpc) is 3.11. The predicted octanol–water partition coefficient (Wildman–Crippen LogP) is 2.66. The number of carbonyl (C=O) groups is 2. The van der Waals surface area contributed by atoms with E-state index in [4.69, 9.17) is 5.11 Å². The Labute approximate surface area is 173 Å². The monoisotopic (exact) mass is 437 g/mol. The fourth-order valence-electron chi connectivity index (χ4n) is 2.71. The molecule has 0 aliphatic heterocycles. The van der Waals surface area contributed by atoms with E-state index in [1.54, 1.807) is 5.32 Å². The molecule has 2 amide bonds. The zero-order chi connectivity index (χ0) is 21.7. The van der Waals surface area contributed by atoms with Gasteiger partial charge in [0, 0.05) is 0 Å². The Bertz CT molecular complexity index is 1040. The number of thiazole rings is 1. The van der Waals surface area contributed by atoms with Crippen molar-refractivity contribution in [3.05, 3.63) is 53.5 Å². The second-order valence-corrected chi connectivity index (χ2v) is 7.57. The molecule has 2 aromatic carbocycles. The first-order valence-corrected chi connectivity index (χ1v) is 9.76. The number of hydrogen-bond donors (Lipinski definition) is 3. The summed E-state index contributed by atoms with van der Waals surface area (Å²) in [5, 5.41) is 13.1. The molecule has 30 heavy (non-hydrogen) atoms. The minimum absolute atomic E-state index is 0.101. The molecule has 3 N–H and O–H groups in total. The summed E-state index contributed by atoms with van der Waals surface area (Å²) in [6.07, 6.45) is -4.87. The van der Waals surface area contributed by atoms with E-state index in [1.165, 1.54) is 11.3 Å². The first kappa shape index (κ1) is 21.7. The molecule has 158 valence electrons. The maximum atomic E-state index is 12.5. The molecule has 0 saturated carbocycles. The molecule has 0 fully saturated rings. The molecule has 3 rings (SSSR count). The lowest BCUT2D eigenvalue weighted by atomic mass is 10.1. The summed E-state index contributed by atoms with van der Waals surface area (Å²) < 4.78 is 38.5. The number of alkyl halides is 3. The molecular formula is C20H18F3N3O3S. The van der Waals surface area contributed by atoms with Crippen LogP contribution in [0.4, 0.5) is 13.2 Å². The number of aliphatic hydroxyl groups is 1. The molecule has 10 heteroatoms. The highest BCUT2D eigenvalue weighted by Crippen LogP contribution is 2.28. The van der Waals surface area contributed by atoms with Crippen molar-refractivity contribution in [1.82, 2.24) is 15.6 Å². The van der Waals surface area contributed by atoms with Gasteiger partial charge in [0.25, 0.3) is 0 Å². The molecule has 1 unspecified atom stereocenters. The van der Waals surface area contributed by atoms with Crippen molar-refractivity contribution in [2.24, 2.45) is 0 Å². The molecule has 0 aliphatic rings. The largest absolute Gasteiger partial charge is 0.410 e. The molecule has 0 radical (unpaired) electrons. The van der Waals surface area contributed by atoms with Gasteiger partial charge in [-0.05, 0) is 23.3 Å². The molecule has 1 heterocycles. The van der Waals surface area contributed by atoms with Gasteiger partial charge in [-0.3, -0.25) is 9.59 Å². The van der Waals surface area contributed by atoms with E-state index in [9.17, 15) is 22.8 Å². The molecule has 1 atom stereocenters. The number of carbonyl (C=O) groups excluding carboxylic acids is 2.